The highest BCUT2D eigenvalue weighted by atomic mass is 35.5. The third-order valence-corrected chi connectivity index (χ3v) is 5.09. The molecule has 4 nitrogen and oxygen atoms in total. The number of carboxylic acids is 1. The Bertz CT molecular complexity index is 751. The van der Waals surface area contributed by atoms with Crippen molar-refractivity contribution in [3.63, 3.8) is 0 Å². The van der Waals surface area contributed by atoms with Gasteiger partial charge in [-0.05, 0) is 23.3 Å². The first kappa shape index (κ1) is 15.5. The van der Waals surface area contributed by atoms with E-state index in [1.54, 1.807) is 36.4 Å². The average Bonchev–Trinajstić information content (AvgIpc) is 2.40. The van der Waals surface area contributed by atoms with Gasteiger partial charge < -0.3 is 5.11 Å². The van der Waals surface area contributed by atoms with Crippen molar-refractivity contribution in [3.05, 3.63) is 64.7 Å². The Kier molecular flexibility index (Phi) is 4.65. The van der Waals surface area contributed by atoms with Crippen molar-refractivity contribution >= 4 is 27.4 Å². The number of hydrogen-bond acceptors (Lipinski definition) is 3. The number of sulfone groups is 1. The van der Waals surface area contributed by atoms with Crippen molar-refractivity contribution in [2.45, 2.75) is 17.1 Å². The fraction of sp³-hybridized carbons (Fsp3) is 0.133. The van der Waals surface area contributed by atoms with Crippen LogP contribution in [0, 0.1) is 0 Å². The summed E-state index contributed by atoms with van der Waals surface area (Å²) in [6, 6.07) is 12.8. The minimum absolute atomic E-state index is 0.0858. The lowest BCUT2D eigenvalue weighted by Gasteiger charge is -2.07. The van der Waals surface area contributed by atoms with E-state index in [2.05, 4.69) is 0 Å². The Morgan fingerprint density at radius 2 is 1.57 bits per heavy atom. The molecule has 0 atom stereocenters. The molecular weight excluding hydrogens is 312 g/mol. The van der Waals surface area contributed by atoms with Crippen LogP contribution in [0.3, 0.4) is 0 Å². The molecule has 0 saturated heterocycles. The van der Waals surface area contributed by atoms with Crippen molar-refractivity contribution in [1.29, 1.82) is 0 Å². The molecule has 0 unspecified atom stereocenters. The van der Waals surface area contributed by atoms with Gasteiger partial charge in [-0.3, -0.25) is 4.79 Å². The van der Waals surface area contributed by atoms with Crippen molar-refractivity contribution in [2.75, 3.05) is 0 Å². The second kappa shape index (κ2) is 6.28. The smallest absolute Gasteiger partial charge is 0.307 e. The van der Waals surface area contributed by atoms with Crippen LogP contribution in [0.1, 0.15) is 11.1 Å². The predicted octanol–water partition coefficient (Wildman–Crippen LogP) is 2.94. The van der Waals surface area contributed by atoms with Gasteiger partial charge in [-0.15, -0.1) is 0 Å². The topological polar surface area (TPSA) is 71.4 Å². The van der Waals surface area contributed by atoms with E-state index in [9.17, 15) is 13.2 Å². The van der Waals surface area contributed by atoms with E-state index in [4.69, 9.17) is 16.7 Å². The molecule has 2 aromatic carbocycles. The van der Waals surface area contributed by atoms with E-state index in [-0.39, 0.29) is 22.1 Å². The van der Waals surface area contributed by atoms with Crippen LogP contribution in [0.25, 0.3) is 0 Å². The summed E-state index contributed by atoms with van der Waals surface area (Å²) in [4.78, 5) is 10.7. The highest BCUT2D eigenvalue weighted by molar-refractivity contribution is 7.90. The van der Waals surface area contributed by atoms with Crippen LogP contribution in [0.2, 0.25) is 5.02 Å². The van der Waals surface area contributed by atoms with Crippen molar-refractivity contribution in [3.8, 4) is 0 Å². The minimum atomic E-state index is -3.53. The maximum Gasteiger partial charge on any atom is 0.307 e. The third kappa shape index (κ3) is 4.06. The Labute approximate surface area is 127 Å². The first-order chi connectivity index (χ1) is 9.88. The maximum absolute atomic E-state index is 12.3. The van der Waals surface area contributed by atoms with E-state index in [0.29, 0.717) is 11.1 Å². The zero-order valence-corrected chi connectivity index (χ0v) is 12.6. The quantitative estimate of drug-likeness (QED) is 0.918. The van der Waals surface area contributed by atoms with Crippen LogP contribution in [0.15, 0.2) is 53.4 Å². The van der Waals surface area contributed by atoms with Gasteiger partial charge in [-0.1, -0.05) is 48.0 Å². The van der Waals surface area contributed by atoms with E-state index in [0.717, 1.165) is 0 Å². The van der Waals surface area contributed by atoms with Crippen LogP contribution in [0.5, 0.6) is 0 Å². The van der Waals surface area contributed by atoms with Crippen LogP contribution < -0.4 is 0 Å². The molecule has 0 aromatic heterocycles. The summed E-state index contributed by atoms with van der Waals surface area (Å²) in [5.74, 6) is -1.10. The third-order valence-electron chi connectivity index (χ3n) is 2.91. The summed E-state index contributed by atoms with van der Waals surface area (Å²) < 4.78 is 24.6. The Morgan fingerprint density at radius 1 is 1.00 bits per heavy atom. The molecule has 0 amide bonds. The van der Waals surface area contributed by atoms with Gasteiger partial charge in [0.1, 0.15) is 0 Å². The van der Waals surface area contributed by atoms with Gasteiger partial charge >= 0.3 is 5.97 Å². The second-order valence-corrected chi connectivity index (χ2v) is 6.94. The molecule has 0 fully saturated rings. The predicted molar refractivity (Wildman–Crippen MR) is 80.1 cm³/mol. The van der Waals surface area contributed by atoms with E-state index < -0.39 is 15.8 Å². The van der Waals surface area contributed by atoms with Crippen LogP contribution in [-0.4, -0.2) is 19.5 Å². The van der Waals surface area contributed by atoms with Crippen molar-refractivity contribution in [2.24, 2.45) is 0 Å². The van der Waals surface area contributed by atoms with Crippen LogP contribution >= 0.6 is 11.6 Å². The molecule has 1 N–H and O–H groups in total. The molecule has 0 bridgehead atoms. The first-order valence-corrected chi connectivity index (χ1v) is 8.18. The molecule has 0 aliphatic carbocycles. The largest absolute Gasteiger partial charge is 0.481 e. The molecule has 0 spiro atoms. The van der Waals surface area contributed by atoms with E-state index in [1.807, 2.05) is 0 Å². The van der Waals surface area contributed by atoms with Gasteiger partial charge in [0.25, 0.3) is 0 Å². The average molecular weight is 325 g/mol. The zero-order chi connectivity index (χ0) is 15.5. The number of rotatable bonds is 5. The van der Waals surface area contributed by atoms with Crippen LogP contribution in [0.4, 0.5) is 0 Å². The van der Waals surface area contributed by atoms with Crippen molar-refractivity contribution < 1.29 is 18.3 Å². The lowest BCUT2D eigenvalue weighted by atomic mass is 10.1. The normalized spacial score (nSPS) is 11.3. The molecule has 0 radical (unpaired) electrons. The Balaban J connectivity index is 2.21. The fourth-order valence-corrected chi connectivity index (χ4v) is 3.85. The second-order valence-electron chi connectivity index (χ2n) is 4.58. The lowest BCUT2D eigenvalue weighted by molar-refractivity contribution is -0.136. The van der Waals surface area contributed by atoms with Gasteiger partial charge in [0, 0.05) is 0 Å². The molecule has 0 saturated carbocycles. The molecule has 6 heteroatoms. The number of halogens is 1. The van der Waals surface area contributed by atoms with E-state index in [1.165, 1.54) is 12.1 Å². The molecular formula is C15H13ClO4S. The van der Waals surface area contributed by atoms with Crippen LogP contribution in [-0.2, 0) is 26.8 Å². The van der Waals surface area contributed by atoms with E-state index >= 15 is 0 Å². The fourth-order valence-electron chi connectivity index (χ4n) is 1.92. The van der Waals surface area contributed by atoms with Gasteiger partial charge in [0.15, 0.2) is 9.84 Å². The number of hydrogen-bond donors (Lipinski definition) is 1. The molecule has 0 aliphatic rings. The summed E-state index contributed by atoms with van der Waals surface area (Å²) in [5, 5.41) is 8.89. The van der Waals surface area contributed by atoms with Gasteiger partial charge in [-0.2, -0.15) is 0 Å². The molecule has 0 aliphatic heterocycles. The standard InChI is InChI=1S/C15H13ClO4S/c16-13-3-1-2-4-14(13)21(19,20)10-12-7-5-11(6-8-12)9-15(17)18/h1-8H,9-10H2,(H,17,18). The first-order valence-electron chi connectivity index (χ1n) is 6.15. The highest BCUT2D eigenvalue weighted by Gasteiger charge is 2.18. The maximum atomic E-state index is 12.3. The molecule has 21 heavy (non-hydrogen) atoms. The molecule has 110 valence electrons. The minimum Gasteiger partial charge on any atom is -0.481 e. The lowest BCUT2D eigenvalue weighted by Crippen LogP contribution is -2.06. The monoisotopic (exact) mass is 324 g/mol. The summed E-state index contributed by atoms with van der Waals surface area (Å²) in [5.41, 5.74) is 1.21. The Hall–Kier alpha value is -1.85. The molecule has 2 aromatic rings. The highest BCUT2D eigenvalue weighted by Crippen LogP contribution is 2.24. The van der Waals surface area contributed by atoms with Crippen molar-refractivity contribution in [1.82, 2.24) is 0 Å². The number of carbonyl (C=O) groups is 1. The summed E-state index contributed by atoms with van der Waals surface area (Å²) in [7, 11) is -3.53. The summed E-state index contributed by atoms with van der Waals surface area (Å²) >= 11 is 5.91. The molecule has 2 rings (SSSR count). The van der Waals surface area contributed by atoms with Gasteiger partial charge in [0.2, 0.25) is 0 Å². The van der Waals surface area contributed by atoms with Gasteiger partial charge in [0.05, 0.1) is 22.1 Å². The number of benzene rings is 2. The summed E-state index contributed by atoms with van der Waals surface area (Å²) in [6.07, 6.45) is -0.0858. The van der Waals surface area contributed by atoms with Gasteiger partial charge in [-0.25, -0.2) is 8.42 Å². The summed E-state index contributed by atoms with van der Waals surface area (Å²) in [6.45, 7) is 0. The zero-order valence-electron chi connectivity index (χ0n) is 11.0. The Morgan fingerprint density at radius 3 is 2.14 bits per heavy atom. The SMILES string of the molecule is O=C(O)Cc1ccc(CS(=O)(=O)c2ccccc2Cl)cc1. The number of carboxylic acid groups (broad SMARTS) is 1. The number of aliphatic carboxylic acids is 1. The molecule has 0 heterocycles.